The lowest BCUT2D eigenvalue weighted by Gasteiger charge is -2.36. The molecule has 23 heavy (non-hydrogen) atoms. The molecule has 3 unspecified atom stereocenters. The van der Waals surface area contributed by atoms with Crippen molar-refractivity contribution in [1.82, 2.24) is 5.32 Å². The molecule has 1 N–H and O–H groups in total. The van der Waals surface area contributed by atoms with Crippen molar-refractivity contribution in [2.24, 2.45) is 5.92 Å². The zero-order chi connectivity index (χ0) is 16.4. The van der Waals surface area contributed by atoms with Gasteiger partial charge in [0.1, 0.15) is 12.6 Å². The zero-order valence-electron chi connectivity index (χ0n) is 13.3. The van der Waals surface area contributed by atoms with Gasteiger partial charge in [0.2, 0.25) is 0 Å². The van der Waals surface area contributed by atoms with E-state index in [2.05, 4.69) is 5.32 Å². The van der Waals surface area contributed by atoms with E-state index < -0.39 is 0 Å². The molecule has 0 aromatic heterocycles. The van der Waals surface area contributed by atoms with Crippen LogP contribution in [0.2, 0.25) is 0 Å². The molecule has 1 aromatic rings. The lowest BCUT2D eigenvalue weighted by Crippen LogP contribution is -2.49. The molecule has 2 bridgehead atoms. The molecule has 3 rings (SSSR count). The third kappa shape index (κ3) is 3.24. The summed E-state index contributed by atoms with van der Waals surface area (Å²) < 4.78 is 28.9. The second-order valence-electron chi connectivity index (χ2n) is 6.17. The van der Waals surface area contributed by atoms with Crippen molar-refractivity contribution < 1.29 is 23.4 Å². The predicted octanol–water partition coefficient (Wildman–Crippen LogP) is 1.82. The third-order valence-corrected chi connectivity index (χ3v) is 4.91. The number of carbonyl (C=O) groups excluding carboxylic acids is 1. The molecular weight excluding hydrogens is 301 g/mol. The Morgan fingerprint density at radius 1 is 1.22 bits per heavy atom. The second-order valence-corrected chi connectivity index (χ2v) is 6.17. The lowest BCUT2D eigenvalue weighted by atomic mass is 9.77. The number of hydrogen-bond donors (Lipinski definition) is 1. The Morgan fingerprint density at radius 2 is 1.96 bits per heavy atom. The number of fused-ring (bicyclic) bond motifs is 2. The Labute approximate surface area is 135 Å². The summed E-state index contributed by atoms with van der Waals surface area (Å²) in [6.45, 7) is 0.236. The number of halogens is 1. The molecule has 6 heteroatoms. The summed E-state index contributed by atoms with van der Waals surface area (Å²) in [5, 5.41) is 3.47. The van der Waals surface area contributed by atoms with Gasteiger partial charge in [-0.1, -0.05) is 12.1 Å². The Bertz CT molecular complexity index is 550. The summed E-state index contributed by atoms with van der Waals surface area (Å²) in [6.07, 6.45) is 1.50. The smallest absolute Gasteiger partial charge is 0.310 e. The maximum absolute atomic E-state index is 13.2. The maximum Gasteiger partial charge on any atom is 0.310 e. The quantitative estimate of drug-likeness (QED) is 0.662. The fourth-order valence-corrected chi connectivity index (χ4v) is 3.89. The molecule has 0 saturated carbocycles. The van der Waals surface area contributed by atoms with Gasteiger partial charge in [-0.3, -0.25) is 4.79 Å². The van der Waals surface area contributed by atoms with Crippen molar-refractivity contribution >= 4 is 5.97 Å². The monoisotopic (exact) mass is 323 g/mol. The van der Waals surface area contributed by atoms with Crippen LogP contribution in [0.3, 0.4) is 0 Å². The van der Waals surface area contributed by atoms with E-state index in [-0.39, 0.29) is 48.6 Å². The van der Waals surface area contributed by atoms with Crippen LogP contribution in [0.15, 0.2) is 24.3 Å². The minimum atomic E-state index is -0.294. The molecule has 2 heterocycles. The van der Waals surface area contributed by atoms with Gasteiger partial charge in [-0.25, -0.2) is 4.39 Å². The molecule has 126 valence electrons. The van der Waals surface area contributed by atoms with E-state index >= 15 is 0 Å². The molecule has 0 amide bonds. The van der Waals surface area contributed by atoms with Crippen LogP contribution in [0, 0.1) is 11.7 Å². The van der Waals surface area contributed by atoms with Gasteiger partial charge in [-0.2, -0.15) is 0 Å². The highest BCUT2D eigenvalue weighted by atomic mass is 19.1. The summed E-state index contributed by atoms with van der Waals surface area (Å²) in [6, 6.07) is 6.54. The molecule has 5 nitrogen and oxygen atoms in total. The zero-order valence-corrected chi connectivity index (χ0v) is 13.3. The van der Waals surface area contributed by atoms with E-state index in [0.717, 1.165) is 18.4 Å². The molecule has 5 atom stereocenters. The molecule has 2 fully saturated rings. The standard InChI is InChI=1S/C17H22FNO4/c1-21-9-23-15-8-14-16(17(20)22-2)12(7-13(15)19-14)10-3-5-11(18)6-4-10/h3-6,12-16,19H,7-9H2,1-2H3/t12-,13?,14?,15?,16-/m0/s1. The summed E-state index contributed by atoms with van der Waals surface area (Å²) in [7, 11) is 3.00. The Morgan fingerprint density at radius 3 is 2.61 bits per heavy atom. The first-order valence-corrected chi connectivity index (χ1v) is 7.84. The third-order valence-electron chi connectivity index (χ3n) is 4.91. The lowest BCUT2D eigenvalue weighted by molar-refractivity contribution is -0.148. The summed E-state index contributed by atoms with van der Waals surface area (Å²) in [4.78, 5) is 12.3. The van der Waals surface area contributed by atoms with Gasteiger partial charge >= 0.3 is 5.97 Å². The van der Waals surface area contributed by atoms with Gasteiger partial charge in [0.25, 0.3) is 0 Å². The number of nitrogens with one attached hydrogen (secondary N) is 1. The highest BCUT2D eigenvalue weighted by Crippen LogP contribution is 2.43. The van der Waals surface area contributed by atoms with Crippen molar-refractivity contribution in [3.63, 3.8) is 0 Å². The SMILES string of the molecule is COCOC1CC2NC1C[C@@H](c1ccc(F)cc1)[C@@H]2C(=O)OC. The van der Waals surface area contributed by atoms with Crippen LogP contribution in [0.4, 0.5) is 4.39 Å². The maximum atomic E-state index is 13.2. The fraction of sp³-hybridized carbons (Fsp3) is 0.588. The van der Waals surface area contributed by atoms with E-state index in [9.17, 15) is 9.18 Å². The van der Waals surface area contributed by atoms with E-state index in [1.54, 1.807) is 19.2 Å². The molecule has 1 aromatic carbocycles. The predicted molar refractivity (Wildman–Crippen MR) is 81.3 cm³/mol. The normalized spacial score (nSPS) is 32.7. The molecule has 0 spiro atoms. The van der Waals surface area contributed by atoms with Crippen LogP contribution < -0.4 is 5.32 Å². The van der Waals surface area contributed by atoms with Crippen LogP contribution in [0.5, 0.6) is 0 Å². The molecule has 2 aliphatic rings. The summed E-state index contributed by atoms with van der Waals surface area (Å²) >= 11 is 0. The van der Waals surface area contributed by atoms with Gasteiger partial charge in [0.15, 0.2) is 0 Å². The number of ether oxygens (including phenoxy) is 3. The van der Waals surface area contributed by atoms with Crippen LogP contribution in [-0.2, 0) is 19.0 Å². The number of esters is 1. The van der Waals surface area contributed by atoms with E-state index in [0.29, 0.717) is 0 Å². The summed E-state index contributed by atoms with van der Waals surface area (Å²) in [5.41, 5.74) is 0.964. The van der Waals surface area contributed by atoms with Crippen LogP contribution in [0.1, 0.15) is 24.3 Å². The molecule has 0 radical (unpaired) electrons. The van der Waals surface area contributed by atoms with E-state index in [4.69, 9.17) is 14.2 Å². The molecule has 2 aliphatic heterocycles. The highest BCUT2D eigenvalue weighted by Gasteiger charge is 2.50. The van der Waals surface area contributed by atoms with Crippen molar-refractivity contribution in [2.75, 3.05) is 21.0 Å². The van der Waals surface area contributed by atoms with Crippen LogP contribution in [-0.4, -0.2) is 45.2 Å². The average Bonchev–Trinajstić information content (AvgIpc) is 2.89. The summed E-state index contributed by atoms with van der Waals surface area (Å²) in [5.74, 6) is -0.808. The van der Waals surface area contributed by atoms with Crippen molar-refractivity contribution in [2.45, 2.75) is 36.9 Å². The van der Waals surface area contributed by atoms with E-state index in [1.807, 2.05) is 0 Å². The Kier molecular flexibility index (Phi) is 4.94. The number of rotatable bonds is 5. The topological polar surface area (TPSA) is 56.8 Å². The van der Waals surface area contributed by atoms with E-state index in [1.165, 1.54) is 19.2 Å². The van der Waals surface area contributed by atoms with Gasteiger partial charge < -0.3 is 19.5 Å². The minimum Gasteiger partial charge on any atom is -0.469 e. The largest absolute Gasteiger partial charge is 0.469 e. The first-order valence-electron chi connectivity index (χ1n) is 7.84. The molecule has 0 aliphatic carbocycles. The average molecular weight is 323 g/mol. The first kappa shape index (κ1) is 16.4. The minimum absolute atomic E-state index is 0.00175. The number of methoxy groups -OCH3 is 2. The number of piperidine rings is 1. The van der Waals surface area contributed by atoms with Crippen molar-refractivity contribution in [3.05, 3.63) is 35.6 Å². The second kappa shape index (κ2) is 6.95. The Hall–Kier alpha value is -1.50. The number of carbonyl (C=O) groups is 1. The van der Waals surface area contributed by atoms with Gasteiger partial charge in [-0.15, -0.1) is 0 Å². The van der Waals surface area contributed by atoms with Crippen molar-refractivity contribution in [3.8, 4) is 0 Å². The van der Waals surface area contributed by atoms with Gasteiger partial charge in [-0.05, 0) is 30.5 Å². The van der Waals surface area contributed by atoms with Gasteiger partial charge in [0, 0.05) is 25.1 Å². The fourth-order valence-electron chi connectivity index (χ4n) is 3.89. The molecule has 2 saturated heterocycles. The van der Waals surface area contributed by atoms with Crippen molar-refractivity contribution in [1.29, 1.82) is 0 Å². The molecular formula is C17H22FNO4. The number of hydrogen-bond acceptors (Lipinski definition) is 5. The Balaban J connectivity index is 1.85. The highest BCUT2D eigenvalue weighted by molar-refractivity contribution is 5.75. The number of benzene rings is 1. The van der Waals surface area contributed by atoms with Crippen LogP contribution in [0.25, 0.3) is 0 Å². The van der Waals surface area contributed by atoms with Crippen LogP contribution >= 0.6 is 0 Å². The van der Waals surface area contributed by atoms with Gasteiger partial charge in [0.05, 0.1) is 19.1 Å². The first-order chi connectivity index (χ1) is 11.1.